The van der Waals surface area contributed by atoms with Gasteiger partial charge in [-0.3, -0.25) is 14.3 Å². The van der Waals surface area contributed by atoms with Gasteiger partial charge in [-0.1, -0.05) is 34.2 Å². The molecule has 0 unspecified atom stereocenters. The Morgan fingerprint density at radius 2 is 2.35 bits per heavy atom. The van der Waals surface area contributed by atoms with E-state index in [0.29, 0.717) is 0 Å². The van der Waals surface area contributed by atoms with E-state index in [9.17, 15) is 14.7 Å². The fourth-order valence-corrected chi connectivity index (χ4v) is 2.45. The molecule has 1 aromatic heterocycles. The minimum absolute atomic E-state index is 0.131. The molecule has 2 heterocycles. The number of aliphatic hydroxyl groups excluding tert-OH is 2. The van der Waals surface area contributed by atoms with E-state index in [2.05, 4.69) is 4.98 Å². The van der Waals surface area contributed by atoms with Crippen molar-refractivity contribution in [2.75, 3.05) is 6.61 Å². The number of aromatic nitrogens is 2. The van der Waals surface area contributed by atoms with Crippen LogP contribution in [0.4, 0.5) is 0 Å². The van der Waals surface area contributed by atoms with Gasteiger partial charge in [-0.15, -0.1) is 0 Å². The summed E-state index contributed by atoms with van der Waals surface area (Å²) in [4.78, 5) is 25.6. The number of nitrogens with one attached hydrogen (secondary N) is 1. The molecule has 1 aliphatic heterocycles. The van der Waals surface area contributed by atoms with Crippen LogP contribution in [0.25, 0.3) is 5.03 Å². The average Bonchev–Trinajstić information content (AvgIpc) is 2.79. The van der Waals surface area contributed by atoms with Crippen LogP contribution in [0.15, 0.2) is 19.9 Å². The fraction of sp³-hybridized carbons (Fsp3) is 0.455. The highest BCUT2D eigenvalue weighted by atomic mass is 127. The first-order valence-electron chi connectivity index (χ1n) is 5.74. The second kappa shape index (κ2) is 6.39. The number of aromatic amines is 1. The maximum atomic E-state index is 11.8. The Bertz CT molecular complexity index is 640. The summed E-state index contributed by atoms with van der Waals surface area (Å²) in [7, 11) is 0. The largest absolute Gasteiger partial charge is 0.394 e. The lowest BCUT2D eigenvalue weighted by atomic mass is 10.2. The predicted molar refractivity (Wildman–Crippen MR) is 80.8 cm³/mol. The number of rotatable bonds is 3. The Kier molecular flexibility index (Phi) is 5.02. The molecule has 3 atom stereocenters. The predicted octanol–water partition coefficient (Wildman–Crippen LogP) is 0.150. The summed E-state index contributed by atoms with van der Waals surface area (Å²) in [6, 6.07) is 0. The van der Waals surface area contributed by atoms with Gasteiger partial charge in [0, 0.05) is 12.6 Å². The highest BCUT2D eigenvalue weighted by molar-refractivity contribution is 14.1. The number of ether oxygens (including phenoxy) is 1. The third-order valence-corrected chi connectivity index (χ3v) is 4.32. The molecule has 9 heteroatoms. The number of halogens is 2. The van der Waals surface area contributed by atoms with Crippen molar-refractivity contribution >= 4 is 39.2 Å². The van der Waals surface area contributed by atoms with Gasteiger partial charge in [-0.25, -0.2) is 4.79 Å². The molecule has 0 amide bonds. The topological polar surface area (TPSA) is 105 Å². The van der Waals surface area contributed by atoms with Crippen molar-refractivity contribution in [2.45, 2.75) is 24.9 Å². The maximum Gasteiger partial charge on any atom is 0.330 e. The van der Waals surface area contributed by atoms with Gasteiger partial charge in [-0.2, -0.15) is 0 Å². The van der Waals surface area contributed by atoms with E-state index in [1.807, 2.05) is 22.6 Å². The highest BCUT2D eigenvalue weighted by Gasteiger charge is 2.35. The molecule has 0 aliphatic carbocycles. The second-order valence-corrected chi connectivity index (χ2v) is 5.31. The molecule has 3 N–H and O–H groups in total. The molecule has 0 saturated carbocycles. The first-order valence-corrected chi connectivity index (χ1v) is 7.36. The summed E-state index contributed by atoms with van der Waals surface area (Å²) in [5.74, 6) is 0. The van der Waals surface area contributed by atoms with Gasteiger partial charge in [0.1, 0.15) is 12.3 Å². The van der Waals surface area contributed by atoms with Crippen molar-refractivity contribution in [2.24, 2.45) is 0 Å². The lowest BCUT2D eigenvalue weighted by Gasteiger charge is -2.15. The van der Waals surface area contributed by atoms with Crippen LogP contribution in [0.3, 0.4) is 0 Å². The third-order valence-electron chi connectivity index (χ3n) is 3.02. The molecule has 1 saturated heterocycles. The Morgan fingerprint density at radius 3 is 2.90 bits per heavy atom. The number of nitrogens with zero attached hydrogens (tertiary/aromatic N) is 1. The SMILES string of the molecule is O=c1[nH]c(=O)n([C@H]2C[C@H](O)[C@@H](CO)O2)cc1/C(Cl)=C\I. The van der Waals surface area contributed by atoms with Crippen molar-refractivity contribution in [3.63, 3.8) is 0 Å². The van der Waals surface area contributed by atoms with E-state index in [1.54, 1.807) is 0 Å². The first kappa shape index (κ1) is 15.7. The monoisotopic (exact) mass is 414 g/mol. The zero-order valence-corrected chi connectivity index (χ0v) is 13.0. The van der Waals surface area contributed by atoms with Gasteiger partial charge in [0.05, 0.1) is 23.3 Å². The Labute approximate surface area is 132 Å². The molecule has 0 bridgehead atoms. The lowest BCUT2D eigenvalue weighted by molar-refractivity contribution is -0.0459. The van der Waals surface area contributed by atoms with Crippen molar-refractivity contribution in [3.8, 4) is 0 Å². The summed E-state index contributed by atoms with van der Waals surface area (Å²) < 4.78 is 8.02. The molecular formula is C11H12ClIN2O5. The molecule has 0 aromatic carbocycles. The summed E-state index contributed by atoms with van der Waals surface area (Å²) in [5.41, 5.74) is -1.12. The van der Waals surface area contributed by atoms with E-state index in [4.69, 9.17) is 21.4 Å². The average molecular weight is 415 g/mol. The number of hydrogen-bond acceptors (Lipinski definition) is 5. The van der Waals surface area contributed by atoms with E-state index in [-0.39, 0.29) is 23.6 Å². The summed E-state index contributed by atoms with van der Waals surface area (Å²) in [6.45, 7) is -0.350. The summed E-state index contributed by atoms with van der Waals surface area (Å²) in [6.07, 6.45) is -0.956. The molecular weight excluding hydrogens is 402 g/mol. The van der Waals surface area contributed by atoms with Gasteiger partial charge in [-0.05, 0) is 4.08 Å². The zero-order valence-electron chi connectivity index (χ0n) is 10.1. The molecule has 20 heavy (non-hydrogen) atoms. The van der Waals surface area contributed by atoms with E-state index in [0.717, 1.165) is 4.57 Å². The maximum absolute atomic E-state index is 11.8. The van der Waals surface area contributed by atoms with E-state index in [1.165, 1.54) is 10.3 Å². The molecule has 1 aliphatic rings. The third kappa shape index (κ3) is 2.98. The number of H-pyrrole nitrogens is 1. The van der Waals surface area contributed by atoms with Gasteiger partial charge in [0.15, 0.2) is 0 Å². The molecule has 2 rings (SSSR count). The first-order chi connectivity index (χ1) is 9.47. The number of aliphatic hydroxyl groups is 2. The van der Waals surface area contributed by atoms with E-state index >= 15 is 0 Å². The van der Waals surface area contributed by atoms with Crippen molar-refractivity contribution in [3.05, 3.63) is 36.7 Å². The van der Waals surface area contributed by atoms with Crippen LogP contribution in [-0.4, -0.2) is 38.6 Å². The van der Waals surface area contributed by atoms with Gasteiger partial charge < -0.3 is 14.9 Å². The van der Waals surface area contributed by atoms with Crippen LogP contribution in [0, 0.1) is 0 Å². The quantitative estimate of drug-likeness (QED) is 0.611. The van der Waals surface area contributed by atoms with Gasteiger partial charge in [0.25, 0.3) is 5.56 Å². The van der Waals surface area contributed by atoms with E-state index < -0.39 is 29.7 Å². The standard InChI is InChI=1S/C11H12ClIN2O5/c12-6(2-13)5-3-15(11(19)14-10(5)18)9-1-7(17)8(4-16)20-9/h2-3,7-9,16-17H,1,4H2,(H,14,18,19)/b6-2+/t7-,8+,9+/m0/s1. The molecule has 7 nitrogen and oxygen atoms in total. The van der Waals surface area contributed by atoms with Crippen LogP contribution in [0.1, 0.15) is 18.2 Å². The molecule has 110 valence electrons. The smallest absolute Gasteiger partial charge is 0.330 e. The van der Waals surface area contributed by atoms with Gasteiger partial charge in [0.2, 0.25) is 0 Å². The minimum Gasteiger partial charge on any atom is -0.394 e. The fourth-order valence-electron chi connectivity index (χ4n) is 1.98. The Balaban J connectivity index is 2.43. The van der Waals surface area contributed by atoms with Crippen LogP contribution in [-0.2, 0) is 4.74 Å². The molecule has 0 radical (unpaired) electrons. The minimum atomic E-state index is -0.872. The van der Waals surface area contributed by atoms with Crippen LogP contribution in [0.5, 0.6) is 0 Å². The van der Waals surface area contributed by atoms with Crippen molar-refractivity contribution < 1.29 is 14.9 Å². The van der Waals surface area contributed by atoms with Crippen molar-refractivity contribution in [1.29, 1.82) is 0 Å². The molecule has 1 fully saturated rings. The summed E-state index contributed by atoms with van der Waals surface area (Å²) in [5, 5.41) is 18.9. The van der Waals surface area contributed by atoms with Crippen LogP contribution in [0.2, 0.25) is 0 Å². The summed E-state index contributed by atoms with van der Waals surface area (Å²) >= 11 is 7.78. The Morgan fingerprint density at radius 1 is 1.65 bits per heavy atom. The molecule has 0 spiro atoms. The van der Waals surface area contributed by atoms with Crippen LogP contribution >= 0.6 is 34.2 Å². The second-order valence-electron chi connectivity index (χ2n) is 4.28. The van der Waals surface area contributed by atoms with Crippen LogP contribution < -0.4 is 11.2 Å². The normalized spacial score (nSPS) is 27.0. The Hall–Kier alpha value is -0.680. The highest BCUT2D eigenvalue weighted by Crippen LogP contribution is 2.28. The molecule has 1 aromatic rings. The lowest BCUT2D eigenvalue weighted by Crippen LogP contribution is -2.33. The van der Waals surface area contributed by atoms with Crippen molar-refractivity contribution in [1.82, 2.24) is 9.55 Å². The van der Waals surface area contributed by atoms with Gasteiger partial charge >= 0.3 is 5.69 Å². The zero-order chi connectivity index (χ0) is 14.9. The number of hydrogen-bond donors (Lipinski definition) is 3.